The molecule has 1 aromatic heterocycles. The number of imidazole rings is 1. The van der Waals surface area contributed by atoms with E-state index in [0.717, 1.165) is 18.9 Å². The highest BCUT2D eigenvalue weighted by atomic mass is 32.2. The Morgan fingerprint density at radius 1 is 1.53 bits per heavy atom. The molecular formula is C12H23N3OS. The van der Waals surface area contributed by atoms with Gasteiger partial charge in [-0.15, -0.1) is 0 Å². The van der Waals surface area contributed by atoms with E-state index in [1.54, 1.807) is 7.11 Å². The molecule has 98 valence electrons. The highest BCUT2D eigenvalue weighted by molar-refractivity contribution is 7.99. The standard InChI is InChI=1S/C12H23N3OS/c1-10(9-16-3)15-8-7-14-12(15)13-6-5-11(2)17-4/h7-8,10-11H,5-6,9H2,1-4H3,(H,13,14). The van der Waals surface area contributed by atoms with Gasteiger partial charge in [0.25, 0.3) is 0 Å². The Balaban J connectivity index is 2.45. The number of nitrogens with zero attached hydrogens (tertiary/aromatic N) is 2. The van der Waals surface area contributed by atoms with E-state index >= 15 is 0 Å². The number of methoxy groups -OCH3 is 1. The van der Waals surface area contributed by atoms with Crippen molar-refractivity contribution in [2.75, 3.05) is 31.8 Å². The molecule has 0 aromatic carbocycles. The molecule has 1 aromatic rings. The molecule has 0 spiro atoms. The van der Waals surface area contributed by atoms with Crippen molar-refractivity contribution in [3.8, 4) is 0 Å². The van der Waals surface area contributed by atoms with Crippen molar-refractivity contribution >= 4 is 17.7 Å². The van der Waals surface area contributed by atoms with Crippen LogP contribution in [-0.2, 0) is 4.74 Å². The summed E-state index contributed by atoms with van der Waals surface area (Å²) in [4.78, 5) is 4.33. The molecule has 17 heavy (non-hydrogen) atoms. The normalized spacial score (nSPS) is 14.6. The van der Waals surface area contributed by atoms with Crippen LogP contribution in [0.4, 0.5) is 5.95 Å². The Labute approximate surface area is 108 Å². The summed E-state index contributed by atoms with van der Waals surface area (Å²) in [5.41, 5.74) is 0. The van der Waals surface area contributed by atoms with Crippen LogP contribution >= 0.6 is 11.8 Å². The van der Waals surface area contributed by atoms with Crippen molar-refractivity contribution in [3.05, 3.63) is 12.4 Å². The quantitative estimate of drug-likeness (QED) is 0.777. The summed E-state index contributed by atoms with van der Waals surface area (Å²) in [5.74, 6) is 0.933. The maximum Gasteiger partial charge on any atom is 0.203 e. The Hall–Kier alpha value is -0.680. The number of hydrogen-bond donors (Lipinski definition) is 1. The summed E-state index contributed by atoms with van der Waals surface area (Å²) in [6.07, 6.45) is 7.11. The Morgan fingerprint density at radius 2 is 2.29 bits per heavy atom. The zero-order valence-electron chi connectivity index (χ0n) is 11.1. The van der Waals surface area contributed by atoms with Gasteiger partial charge < -0.3 is 14.6 Å². The first-order valence-electron chi connectivity index (χ1n) is 5.97. The lowest BCUT2D eigenvalue weighted by atomic mass is 10.3. The zero-order valence-corrected chi connectivity index (χ0v) is 12.0. The summed E-state index contributed by atoms with van der Waals surface area (Å²) >= 11 is 1.89. The maximum absolute atomic E-state index is 5.16. The predicted molar refractivity (Wildman–Crippen MR) is 74.9 cm³/mol. The van der Waals surface area contributed by atoms with Crippen LogP contribution in [0.25, 0.3) is 0 Å². The lowest BCUT2D eigenvalue weighted by molar-refractivity contribution is 0.163. The monoisotopic (exact) mass is 257 g/mol. The van der Waals surface area contributed by atoms with Gasteiger partial charge in [0, 0.05) is 31.3 Å². The van der Waals surface area contributed by atoms with E-state index in [2.05, 4.69) is 35.0 Å². The molecule has 2 unspecified atom stereocenters. The molecule has 0 aliphatic carbocycles. The van der Waals surface area contributed by atoms with Crippen molar-refractivity contribution in [2.24, 2.45) is 0 Å². The van der Waals surface area contributed by atoms with Crippen LogP contribution < -0.4 is 5.32 Å². The lowest BCUT2D eigenvalue weighted by Crippen LogP contribution is -2.16. The second kappa shape index (κ2) is 7.61. The second-order valence-electron chi connectivity index (χ2n) is 4.22. The average Bonchev–Trinajstić information content (AvgIpc) is 2.77. The summed E-state index contributed by atoms with van der Waals surface area (Å²) in [6.45, 7) is 6.03. The van der Waals surface area contributed by atoms with Gasteiger partial charge in [-0.1, -0.05) is 6.92 Å². The van der Waals surface area contributed by atoms with Gasteiger partial charge in [0.2, 0.25) is 5.95 Å². The molecular weight excluding hydrogens is 234 g/mol. The Bertz CT molecular complexity index is 316. The van der Waals surface area contributed by atoms with Gasteiger partial charge in [-0.25, -0.2) is 4.98 Å². The summed E-state index contributed by atoms with van der Waals surface area (Å²) in [6, 6.07) is 0.308. The van der Waals surface area contributed by atoms with E-state index in [0.29, 0.717) is 17.9 Å². The SMILES string of the molecule is COCC(C)n1ccnc1NCCC(C)SC. The topological polar surface area (TPSA) is 39.1 Å². The second-order valence-corrected chi connectivity index (χ2v) is 5.50. The highest BCUT2D eigenvalue weighted by Crippen LogP contribution is 2.15. The smallest absolute Gasteiger partial charge is 0.203 e. The minimum atomic E-state index is 0.308. The van der Waals surface area contributed by atoms with Crippen LogP contribution in [0.5, 0.6) is 0 Å². The van der Waals surface area contributed by atoms with E-state index < -0.39 is 0 Å². The minimum absolute atomic E-state index is 0.308. The van der Waals surface area contributed by atoms with Gasteiger partial charge in [-0.3, -0.25) is 0 Å². The van der Waals surface area contributed by atoms with Crippen molar-refractivity contribution in [1.29, 1.82) is 0 Å². The molecule has 1 rings (SSSR count). The molecule has 0 fully saturated rings. The van der Waals surface area contributed by atoms with Gasteiger partial charge in [-0.2, -0.15) is 11.8 Å². The van der Waals surface area contributed by atoms with E-state index in [-0.39, 0.29) is 0 Å². The molecule has 1 N–H and O–H groups in total. The van der Waals surface area contributed by atoms with E-state index in [4.69, 9.17) is 4.74 Å². The van der Waals surface area contributed by atoms with Gasteiger partial charge >= 0.3 is 0 Å². The van der Waals surface area contributed by atoms with Crippen molar-refractivity contribution in [1.82, 2.24) is 9.55 Å². The molecule has 0 bridgehead atoms. The molecule has 0 saturated carbocycles. The third kappa shape index (κ3) is 4.60. The van der Waals surface area contributed by atoms with Crippen LogP contribution in [0, 0.1) is 0 Å². The predicted octanol–water partition coefficient (Wildman–Crippen LogP) is 2.64. The van der Waals surface area contributed by atoms with Crippen molar-refractivity contribution in [3.63, 3.8) is 0 Å². The van der Waals surface area contributed by atoms with Crippen molar-refractivity contribution < 1.29 is 4.74 Å². The number of nitrogens with one attached hydrogen (secondary N) is 1. The van der Waals surface area contributed by atoms with Gasteiger partial charge in [-0.05, 0) is 19.6 Å². The third-order valence-corrected chi connectivity index (χ3v) is 3.83. The van der Waals surface area contributed by atoms with Crippen LogP contribution in [-0.4, -0.2) is 41.3 Å². The Morgan fingerprint density at radius 3 is 2.94 bits per heavy atom. The maximum atomic E-state index is 5.16. The first kappa shape index (κ1) is 14.4. The number of ether oxygens (including phenoxy) is 1. The fourth-order valence-corrected chi connectivity index (χ4v) is 1.99. The molecule has 5 heteroatoms. The molecule has 0 aliphatic heterocycles. The third-order valence-electron chi connectivity index (χ3n) is 2.79. The van der Waals surface area contributed by atoms with Gasteiger partial charge in [0.1, 0.15) is 0 Å². The minimum Gasteiger partial charge on any atom is -0.383 e. The lowest BCUT2D eigenvalue weighted by Gasteiger charge is -2.16. The number of rotatable bonds is 8. The molecule has 2 atom stereocenters. The van der Waals surface area contributed by atoms with Crippen LogP contribution in [0.3, 0.4) is 0 Å². The fourth-order valence-electron chi connectivity index (χ4n) is 1.63. The number of anilines is 1. The summed E-state index contributed by atoms with van der Waals surface area (Å²) in [7, 11) is 1.72. The van der Waals surface area contributed by atoms with Crippen LogP contribution in [0.1, 0.15) is 26.3 Å². The zero-order chi connectivity index (χ0) is 12.7. The summed E-state index contributed by atoms with van der Waals surface area (Å²) in [5, 5.41) is 4.06. The van der Waals surface area contributed by atoms with E-state index in [1.165, 1.54) is 0 Å². The van der Waals surface area contributed by atoms with Crippen LogP contribution in [0.2, 0.25) is 0 Å². The average molecular weight is 257 g/mol. The molecule has 0 radical (unpaired) electrons. The number of thioether (sulfide) groups is 1. The fraction of sp³-hybridized carbons (Fsp3) is 0.750. The Kier molecular flexibility index (Phi) is 6.44. The van der Waals surface area contributed by atoms with Crippen LogP contribution in [0.15, 0.2) is 12.4 Å². The number of hydrogen-bond acceptors (Lipinski definition) is 4. The molecule has 0 aliphatic rings. The molecule has 4 nitrogen and oxygen atoms in total. The van der Waals surface area contributed by atoms with Gasteiger partial charge in [0.15, 0.2) is 0 Å². The summed E-state index contributed by atoms with van der Waals surface area (Å²) < 4.78 is 7.28. The first-order chi connectivity index (χ1) is 8.19. The number of aromatic nitrogens is 2. The van der Waals surface area contributed by atoms with E-state index in [9.17, 15) is 0 Å². The first-order valence-corrected chi connectivity index (χ1v) is 7.26. The van der Waals surface area contributed by atoms with Crippen molar-refractivity contribution in [2.45, 2.75) is 31.6 Å². The molecule has 0 amide bonds. The highest BCUT2D eigenvalue weighted by Gasteiger charge is 2.09. The molecule has 1 heterocycles. The molecule has 0 saturated heterocycles. The largest absolute Gasteiger partial charge is 0.383 e. The van der Waals surface area contributed by atoms with Gasteiger partial charge in [0.05, 0.1) is 12.6 Å². The van der Waals surface area contributed by atoms with E-state index in [1.807, 2.05) is 24.2 Å².